The monoisotopic (exact) mass is 289 g/mol. The second kappa shape index (κ2) is 6.85. The lowest BCUT2D eigenvalue weighted by Gasteiger charge is -2.09. The van der Waals surface area contributed by atoms with Crippen molar-refractivity contribution >= 4 is 11.6 Å². The van der Waals surface area contributed by atoms with Crippen LogP contribution in [-0.4, -0.2) is 22.7 Å². The standard InChI is InChI=1S/C16H16FNO3/c17-13-7-2-8-14(20)15(13)16(21)18-12-6-1-4-11(10-12)5-3-9-19/h1-2,4,6-8,10,19-20H,3,5,9H2,(H,18,21). The van der Waals surface area contributed by atoms with E-state index >= 15 is 0 Å². The second-order valence-electron chi connectivity index (χ2n) is 4.62. The van der Waals surface area contributed by atoms with Gasteiger partial charge >= 0.3 is 0 Å². The van der Waals surface area contributed by atoms with Crippen LogP contribution in [0.3, 0.4) is 0 Å². The molecular formula is C16H16FNO3. The first-order chi connectivity index (χ1) is 10.1. The summed E-state index contributed by atoms with van der Waals surface area (Å²) in [7, 11) is 0. The number of carbonyl (C=O) groups excluding carboxylic acids is 1. The van der Waals surface area contributed by atoms with E-state index in [0.717, 1.165) is 11.6 Å². The Morgan fingerprint density at radius 1 is 1.19 bits per heavy atom. The van der Waals surface area contributed by atoms with Gasteiger partial charge in [-0.05, 0) is 42.7 Å². The Hall–Kier alpha value is -2.40. The summed E-state index contributed by atoms with van der Waals surface area (Å²) in [5.41, 5.74) is 1.09. The third-order valence-corrected chi connectivity index (χ3v) is 3.03. The lowest BCUT2D eigenvalue weighted by molar-refractivity contribution is 0.102. The van der Waals surface area contributed by atoms with Crippen LogP contribution in [0.5, 0.6) is 5.75 Å². The average molecular weight is 289 g/mol. The first-order valence-corrected chi connectivity index (χ1v) is 6.60. The smallest absolute Gasteiger partial charge is 0.262 e. The molecular weight excluding hydrogens is 273 g/mol. The number of halogens is 1. The number of aromatic hydroxyl groups is 1. The van der Waals surface area contributed by atoms with Crippen molar-refractivity contribution in [3.63, 3.8) is 0 Å². The Morgan fingerprint density at radius 2 is 1.95 bits per heavy atom. The molecule has 110 valence electrons. The van der Waals surface area contributed by atoms with E-state index in [1.165, 1.54) is 12.1 Å². The Bertz CT molecular complexity index is 623. The lowest BCUT2D eigenvalue weighted by atomic mass is 10.1. The van der Waals surface area contributed by atoms with Crippen molar-refractivity contribution in [1.29, 1.82) is 0 Å². The molecule has 0 bridgehead atoms. The summed E-state index contributed by atoms with van der Waals surface area (Å²) < 4.78 is 13.6. The van der Waals surface area contributed by atoms with Gasteiger partial charge < -0.3 is 15.5 Å². The van der Waals surface area contributed by atoms with Gasteiger partial charge in [-0.25, -0.2) is 4.39 Å². The van der Waals surface area contributed by atoms with Crippen LogP contribution in [-0.2, 0) is 6.42 Å². The Balaban J connectivity index is 2.16. The van der Waals surface area contributed by atoms with Crippen LogP contribution in [0.4, 0.5) is 10.1 Å². The SMILES string of the molecule is O=C(Nc1cccc(CCCO)c1)c1c(O)cccc1F. The van der Waals surface area contributed by atoms with Gasteiger partial charge in [0, 0.05) is 12.3 Å². The Labute approximate surface area is 121 Å². The van der Waals surface area contributed by atoms with Crippen LogP contribution in [0.15, 0.2) is 42.5 Å². The van der Waals surface area contributed by atoms with Gasteiger partial charge in [0.1, 0.15) is 17.1 Å². The van der Waals surface area contributed by atoms with Crippen LogP contribution < -0.4 is 5.32 Å². The number of aliphatic hydroxyl groups is 1. The third kappa shape index (κ3) is 3.79. The number of aliphatic hydroxyl groups excluding tert-OH is 1. The van der Waals surface area contributed by atoms with Gasteiger partial charge in [0.2, 0.25) is 0 Å². The molecule has 0 aromatic heterocycles. The molecule has 21 heavy (non-hydrogen) atoms. The number of carbonyl (C=O) groups is 1. The fourth-order valence-corrected chi connectivity index (χ4v) is 2.02. The van der Waals surface area contributed by atoms with E-state index in [4.69, 9.17) is 5.11 Å². The van der Waals surface area contributed by atoms with Crippen LogP contribution in [0.1, 0.15) is 22.3 Å². The highest BCUT2D eigenvalue weighted by Gasteiger charge is 2.16. The number of benzene rings is 2. The van der Waals surface area contributed by atoms with E-state index in [0.29, 0.717) is 18.5 Å². The largest absolute Gasteiger partial charge is 0.507 e. The maximum Gasteiger partial charge on any atom is 0.262 e. The highest BCUT2D eigenvalue weighted by molar-refractivity contribution is 6.06. The van der Waals surface area contributed by atoms with E-state index < -0.39 is 17.5 Å². The maximum atomic E-state index is 13.6. The summed E-state index contributed by atoms with van der Waals surface area (Å²) in [6.45, 7) is 0.0969. The van der Waals surface area contributed by atoms with Crippen LogP contribution in [0.2, 0.25) is 0 Å². The molecule has 0 aliphatic carbocycles. The molecule has 5 heteroatoms. The van der Waals surface area contributed by atoms with E-state index in [9.17, 15) is 14.3 Å². The minimum absolute atomic E-state index is 0.0969. The van der Waals surface area contributed by atoms with Crippen molar-refractivity contribution < 1.29 is 19.4 Å². The van der Waals surface area contributed by atoms with Crippen molar-refractivity contribution in [2.24, 2.45) is 0 Å². The summed E-state index contributed by atoms with van der Waals surface area (Å²) in [6.07, 6.45) is 1.32. The molecule has 0 atom stereocenters. The van der Waals surface area contributed by atoms with Gasteiger partial charge in [-0.1, -0.05) is 18.2 Å². The number of phenolic OH excluding ortho intramolecular Hbond substituents is 1. The number of amides is 1. The molecule has 0 spiro atoms. The van der Waals surface area contributed by atoms with Crippen LogP contribution in [0, 0.1) is 5.82 Å². The minimum atomic E-state index is -0.774. The molecule has 1 amide bonds. The van der Waals surface area contributed by atoms with Crippen molar-refractivity contribution in [3.8, 4) is 5.75 Å². The van der Waals surface area contributed by atoms with Gasteiger partial charge in [-0.3, -0.25) is 4.79 Å². The lowest BCUT2D eigenvalue weighted by Crippen LogP contribution is -2.14. The number of rotatable bonds is 5. The number of hydrogen-bond acceptors (Lipinski definition) is 3. The zero-order valence-electron chi connectivity index (χ0n) is 11.3. The molecule has 2 aromatic carbocycles. The zero-order chi connectivity index (χ0) is 15.2. The topological polar surface area (TPSA) is 69.6 Å². The molecule has 0 radical (unpaired) electrons. The third-order valence-electron chi connectivity index (χ3n) is 3.03. The molecule has 0 heterocycles. The van der Waals surface area contributed by atoms with Gasteiger partial charge in [0.05, 0.1) is 0 Å². The predicted molar refractivity (Wildman–Crippen MR) is 77.9 cm³/mol. The fourth-order valence-electron chi connectivity index (χ4n) is 2.02. The number of anilines is 1. The summed E-state index contributed by atoms with van der Waals surface area (Å²) in [5.74, 6) is -1.88. The predicted octanol–water partition coefficient (Wildman–Crippen LogP) is 2.71. The van der Waals surface area contributed by atoms with E-state index in [2.05, 4.69) is 5.32 Å². The molecule has 0 aliphatic rings. The van der Waals surface area contributed by atoms with Crippen LogP contribution >= 0.6 is 0 Å². The number of aryl methyl sites for hydroxylation is 1. The van der Waals surface area contributed by atoms with E-state index in [1.54, 1.807) is 18.2 Å². The Kier molecular flexibility index (Phi) is 4.90. The summed E-state index contributed by atoms with van der Waals surface area (Å²) >= 11 is 0. The first-order valence-electron chi connectivity index (χ1n) is 6.60. The highest BCUT2D eigenvalue weighted by atomic mass is 19.1. The molecule has 3 N–H and O–H groups in total. The zero-order valence-corrected chi connectivity index (χ0v) is 11.3. The molecule has 0 fully saturated rings. The van der Waals surface area contributed by atoms with Crippen molar-refractivity contribution in [1.82, 2.24) is 0 Å². The normalized spacial score (nSPS) is 10.4. The highest BCUT2D eigenvalue weighted by Crippen LogP contribution is 2.21. The molecule has 0 aliphatic heterocycles. The van der Waals surface area contributed by atoms with Gasteiger partial charge in [0.25, 0.3) is 5.91 Å². The fraction of sp³-hybridized carbons (Fsp3) is 0.188. The number of hydrogen-bond donors (Lipinski definition) is 3. The molecule has 4 nitrogen and oxygen atoms in total. The van der Waals surface area contributed by atoms with Gasteiger partial charge in [-0.2, -0.15) is 0 Å². The quantitative estimate of drug-likeness (QED) is 0.792. The van der Waals surface area contributed by atoms with Gasteiger partial charge in [-0.15, -0.1) is 0 Å². The molecule has 2 aromatic rings. The molecule has 0 saturated carbocycles. The molecule has 2 rings (SSSR count). The van der Waals surface area contributed by atoms with Crippen molar-refractivity contribution in [2.45, 2.75) is 12.8 Å². The molecule has 0 unspecified atom stereocenters. The van der Waals surface area contributed by atoms with E-state index in [-0.39, 0.29) is 12.2 Å². The number of phenols is 1. The summed E-state index contributed by atoms with van der Waals surface area (Å²) in [6, 6.07) is 10.8. The maximum absolute atomic E-state index is 13.6. The van der Waals surface area contributed by atoms with Gasteiger partial charge in [0.15, 0.2) is 0 Å². The van der Waals surface area contributed by atoms with Crippen molar-refractivity contribution in [2.75, 3.05) is 11.9 Å². The second-order valence-corrected chi connectivity index (χ2v) is 4.62. The van der Waals surface area contributed by atoms with Crippen molar-refractivity contribution in [3.05, 3.63) is 59.4 Å². The first kappa shape index (κ1) is 15.0. The minimum Gasteiger partial charge on any atom is -0.507 e. The van der Waals surface area contributed by atoms with E-state index in [1.807, 2.05) is 6.07 Å². The number of nitrogens with one attached hydrogen (secondary N) is 1. The molecule has 0 saturated heterocycles. The summed E-state index contributed by atoms with van der Waals surface area (Å²) in [5, 5.41) is 21.0. The average Bonchev–Trinajstić information content (AvgIpc) is 2.45. The summed E-state index contributed by atoms with van der Waals surface area (Å²) in [4.78, 5) is 12.0. The Morgan fingerprint density at radius 3 is 2.67 bits per heavy atom. The van der Waals surface area contributed by atoms with Crippen LogP contribution in [0.25, 0.3) is 0 Å².